The maximum absolute atomic E-state index is 11.7. The number of nitrogens with zero attached hydrogens (tertiary/aromatic N) is 1. The molecule has 5 heteroatoms. The summed E-state index contributed by atoms with van der Waals surface area (Å²) in [6.45, 7) is 0.761. The van der Waals surface area contributed by atoms with E-state index in [1.807, 2.05) is 22.6 Å². The van der Waals surface area contributed by atoms with Gasteiger partial charge in [-0.15, -0.1) is 0 Å². The van der Waals surface area contributed by atoms with Crippen LogP contribution in [0.4, 0.5) is 0 Å². The number of rotatable bonds is 1. The van der Waals surface area contributed by atoms with E-state index in [0.29, 0.717) is 22.2 Å². The maximum Gasteiger partial charge on any atom is 0.254 e. The number of phenols is 1. The molecule has 2 N–H and O–H groups in total. The number of phenolic OH excluding ortho intramolecular Hbond substituents is 1. The van der Waals surface area contributed by atoms with Gasteiger partial charge in [-0.2, -0.15) is 0 Å². The van der Waals surface area contributed by atoms with E-state index in [4.69, 9.17) is 5.11 Å². The van der Waals surface area contributed by atoms with Gasteiger partial charge < -0.3 is 15.1 Å². The molecule has 1 amide bonds. The number of hydrogen-bond donors (Lipinski definition) is 2. The molecule has 0 spiro atoms. The monoisotopic (exact) mass is 319 g/mol. The van der Waals surface area contributed by atoms with Crippen molar-refractivity contribution in [2.75, 3.05) is 13.1 Å². The van der Waals surface area contributed by atoms with Crippen LogP contribution in [0.3, 0.4) is 0 Å². The molecule has 80 valence electrons. The normalized spacial score (nSPS) is 16.3. The van der Waals surface area contributed by atoms with Crippen LogP contribution in [0.25, 0.3) is 0 Å². The Morgan fingerprint density at radius 2 is 2.13 bits per heavy atom. The standard InChI is InChI=1S/C10H10INO3/c11-8-2-1-6(3-9(8)14)10(15)12-4-7(13)5-12/h1-3,7,13-14H,4-5H2. The van der Waals surface area contributed by atoms with Crippen LogP contribution in [0.15, 0.2) is 18.2 Å². The van der Waals surface area contributed by atoms with Crippen LogP contribution in [0.5, 0.6) is 5.75 Å². The fourth-order valence-corrected chi connectivity index (χ4v) is 1.78. The molecule has 0 aromatic heterocycles. The Morgan fingerprint density at radius 3 is 2.67 bits per heavy atom. The number of hydrogen-bond acceptors (Lipinski definition) is 3. The number of aromatic hydroxyl groups is 1. The summed E-state index contributed by atoms with van der Waals surface area (Å²) in [4.78, 5) is 13.3. The summed E-state index contributed by atoms with van der Waals surface area (Å²) >= 11 is 1.99. The zero-order chi connectivity index (χ0) is 11.0. The summed E-state index contributed by atoms with van der Waals surface area (Å²) in [6.07, 6.45) is -0.397. The number of amides is 1. The zero-order valence-corrected chi connectivity index (χ0v) is 10.0. The van der Waals surface area contributed by atoms with E-state index in [1.54, 1.807) is 17.0 Å². The van der Waals surface area contributed by atoms with Crippen molar-refractivity contribution in [2.45, 2.75) is 6.10 Å². The largest absolute Gasteiger partial charge is 0.507 e. The van der Waals surface area contributed by atoms with Gasteiger partial charge >= 0.3 is 0 Å². The predicted molar refractivity (Wildman–Crippen MR) is 62.7 cm³/mol. The van der Waals surface area contributed by atoms with Gasteiger partial charge in [0.15, 0.2) is 0 Å². The molecular weight excluding hydrogens is 309 g/mol. The topological polar surface area (TPSA) is 60.8 Å². The van der Waals surface area contributed by atoms with Crippen LogP contribution in [-0.4, -0.2) is 40.2 Å². The number of benzene rings is 1. The minimum atomic E-state index is -0.397. The minimum absolute atomic E-state index is 0.113. The van der Waals surface area contributed by atoms with Gasteiger partial charge in [-0.3, -0.25) is 4.79 Å². The number of carbonyl (C=O) groups is 1. The van der Waals surface area contributed by atoms with Gasteiger partial charge in [0.25, 0.3) is 5.91 Å². The number of halogens is 1. The molecule has 0 radical (unpaired) electrons. The minimum Gasteiger partial charge on any atom is -0.507 e. The van der Waals surface area contributed by atoms with Crippen LogP contribution < -0.4 is 0 Å². The second-order valence-corrected chi connectivity index (χ2v) is 4.69. The fraction of sp³-hybridized carbons (Fsp3) is 0.300. The SMILES string of the molecule is O=C(c1ccc(I)c(O)c1)N1CC(O)C1. The van der Waals surface area contributed by atoms with Gasteiger partial charge in [0, 0.05) is 18.7 Å². The first kappa shape index (κ1) is 10.7. The molecule has 1 aromatic rings. The van der Waals surface area contributed by atoms with Gasteiger partial charge in [0.05, 0.1) is 9.67 Å². The summed E-state index contributed by atoms with van der Waals surface area (Å²) in [5, 5.41) is 18.5. The van der Waals surface area contributed by atoms with Crippen LogP contribution in [0.1, 0.15) is 10.4 Å². The summed E-state index contributed by atoms with van der Waals surface area (Å²) in [6, 6.07) is 4.82. The second-order valence-electron chi connectivity index (χ2n) is 3.53. The second kappa shape index (κ2) is 3.97. The van der Waals surface area contributed by atoms with Gasteiger partial charge in [0.2, 0.25) is 0 Å². The first-order valence-corrected chi connectivity index (χ1v) is 5.61. The van der Waals surface area contributed by atoms with Crippen LogP contribution in [-0.2, 0) is 0 Å². The predicted octanol–water partition coefficient (Wildman–Crippen LogP) is 0.814. The average Bonchev–Trinajstić information content (AvgIpc) is 2.16. The van der Waals surface area contributed by atoms with Crippen molar-refractivity contribution in [1.29, 1.82) is 0 Å². The van der Waals surface area contributed by atoms with E-state index in [-0.39, 0.29) is 11.7 Å². The lowest BCUT2D eigenvalue weighted by Gasteiger charge is -2.35. The molecule has 1 aromatic carbocycles. The van der Waals surface area contributed by atoms with Crippen molar-refractivity contribution < 1.29 is 15.0 Å². The Kier molecular flexibility index (Phi) is 2.83. The molecule has 0 atom stereocenters. The highest BCUT2D eigenvalue weighted by molar-refractivity contribution is 14.1. The van der Waals surface area contributed by atoms with Gasteiger partial charge in [-0.05, 0) is 40.8 Å². The van der Waals surface area contributed by atoms with E-state index < -0.39 is 6.10 Å². The Hall–Kier alpha value is -0.820. The molecule has 0 aliphatic carbocycles. The molecule has 1 aliphatic rings. The quantitative estimate of drug-likeness (QED) is 0.753. The van der Waals surface area contributed by atoms with Gasteiger partial charge in [0.1, 0.15) is 5.75 Å². The Labute approximate surface area is 101 Å². The number of β-amino-alcohol motifs (C(OH)–C–C–N with tert-alkyl or cyclic N) is 1. The molecule has 1 aliphatic heterocycles. The summed E-state index contributed by atoms with van der Waals surface area (Å²) in [5.41, 5.74) is 0.458. The molecule has 0 unspecified atom stereocenters. The lowest BCUT2D eigenvalue weighted by Crippen LogP contribution is -2.53. The summed E-state index contributed by atoms with van der Waals surface area (Å²) in [5.74, 6) is -0.0329. The van der Waals surface area contributed by atoms with Crippen molar-refractivity contribution >= 4 is 28.5 Å². The highest BCUT2D eigenvalue weighted by Crippen LogP contribution is 2.22. The third-order valence-electron chi connectivity index (χ3n) is 2.34. The fourth-order valence-electron chi connectivity index (χ4n) is 1.45. The van der Waals surface area contributed by atoms with Gasteiger partial charge in [-0.1, -0.05) is 0 Å². The van der Waals surface area contributed by atoms with Crippen LogP contribution in [0, 0.1) is 3.57 Å². The molecular formula is C10H10INO3. The molecule has 2 rings (SSSR count). The summed E-state index contributed by atoms with van der Waals surface area (Å²) in [7, 11) is 0. The van der Waals surface area contributed by atoms with Crippen LogP contribution in [0.2, 0.25) is 0 Å². The zero-order valence-electron chi connectivity index (χ0n) is 7.85. The number of aliphatic hydroxyl groups excluding tert-OH is 1. The van der Waals surface area contributed by atoms with Crippen LogP contribution >= 0.6 is 22.6 Å². The smallest absolute Gasteiger partial charge is 0.254 e. The average molecular weight is 319 g/mol. The van der Waals surface area contributed by atoms with Crippen molar-refractivity contribution in [3.05, 3.63) is 27.3 Å². The maximum atomic E-state index is 11.7. The van der Waals surface area contributed by atoms with E-state index in [1.165, 1.54) is 6.07 Å². The number of carbonyl (C=O) groups excluding carboxylic acids is 1. The Morgan fingerprint density at radius 1 is 1.47 bits per heavy atom. The molecule has 0 bridgehead atoms. The lowest BCUT2D eigenvalue weighted by atomic mass is 10.1. The first-order chi connectivity index (χ1) is 7.08. The Bertz CT molecular complexity index is 402. The molecule has 1 saturated heterocycles. The summed E-state index contributed by atoms with van der Waals surface area (Å²) < 4.78 is 0.716. The molecule has 4 nitrogen and oxygen atoms in total. The third-order valence-corrected chi connectivity index (χ3v) is 3.25. The van der Waals surface area contributed by atoms with E-state index in [0.717, 1.165) is 0 Å². The molecule has 0 saturated carbocycles. The van der Waals surface area contributed by atoms with Crippen molar-refractivity contribution in [2.24, 2.45) is 0 Å². The Balaban J connectivity index is 2.16. The third kappa shape index (κ3) is 2.07. The molecule has 1 heterocycles. The molecule has 1 fully saturated rings. The molecule has 15 heavy (non-hydrogen) atoms. The number of likely N-dealkylation sites (tertiary alicyclic amines) is 1. The highest BCUT2D eigenvalue weighted by Gasteiger charge is 2.29. The van der Waals surface area contributed by atoms with Crippen molar-refractivity contribution in [3.63, 3.8) is 0 Å². The van der Waals surface area contributed by atoms with E-state index in [2.05, 4.69) is 0 Å². The van der Waals surface area contributed by atoms with Crippen molar-refractivity contribution in [1.82, 2.24) is 4.90 Å². The van der Waals surface area contributed by atoms with E-state index in [9.17, 15) is 9.90 Å². The lowest BCUT2D eigenvalue weighted by molar-refractivity contribution is 0.00588. The first-order valence-electron chi connectivity index (χ1n) is 4.54. The van der Waals surface area contributed by atoms with E-state index >= 15 is 0 Å². The highest BCUT2D eigenvalue weighted by atomic mass is 127. The number of aliphatic hydroxyl groups is 1. The van der Waals surface area contributed by atoms with Gasteiger partial charge in [-0.25, -0.2) is 0 Å². The van der Waals surface area contributed by atoms with Crippen molar-refractivity contribution in [3.8, 4) is 5.75 Å².